The fourth-order valence-corrected chi connectivity index (χ4v) is 2.59. The van der Waals surface area contributed by atoms with Crippen LogP contribution < -0.4 is 9.62 Å². The molecule has 0 bridgehead atoms. The first-order chi connectivity index (χ1) is 11.0. The number of anilines is 2. The standard InChI is InChI=1S/C15H18N4O3S/c1-19(23(21)22)12-6-2-10(3-7-12)8-15(20)16-14-9-13(17-18-14)11-4-5-11/h2-3,6-7,9,11H,4-5,8H2,1H3,(H,21,22)(H2,16,17,18,20). The van der Waals surface area contributed by atoms with E-state index in [0.29, 0.717) is 17.4 Å². The molecule has 1 aromatic heterocycles. The molecule has 1 amide bonds. The predicted molar refractivity (Wildman–Crippen MR) is 88.5 cm³/mol. The van der Waals surface area contributed by atoms with E-state index in [1.807, 2.05) is 6.07 Å². The number of aromatic amines is 1. The number of nitrogens with one attached hydrogen (secondary N) is 2. The molecule has 1 aromatic carbocycles. The molecule has 1 unspecified atom stereocenters. The van der Waals surface area contributed by atoms with Crippen LogP contribution in [0.1, 0.15) is 30.0 Å². The summed E-state index contributed by atoms with van der Waals surface area (Å²) in [6.07, 6.45) is 2.57. The summed E-state index contributed by atoms with van der Waals surface area (Å²) in [5, 5.41) is 9.80. The number of hydrogen-bond donors (Lipinski definition) is 3. The van der Waals surface area contributed by atoms with E-state index in [-0.39, 0.29) is 12.3 Å². The Kier molecular flexibility index (Phi) is 4.44. The number of rotatable bonds is 6. The highest BCUT2D eigenvalue weighted by Gasteiger charge is 2.25. The van der Waals surface area contributed by atoms with Crippen molar-refractivity contribution in [2.75, 3.05) is 16.7 Å². The monoisotopic (exact) mass is 334 g/mol. The number of nitrogens with zero attached hydrogens (tertiary/aromatic N) is 2. The van der Waals surface area contributed by atoms with Crippen molar-refractivity contribution in [1.29, 1.82) is 0 Å². The van der Waals surface area contributed by atoms with E-state index in [1.54, 1.807) is 24.3 Å². The van der Waals surface area contributed by atoms with Gasteiger partial charge >= 0.3 is 0 Å². The molecule has 0 aliphatic heterocycles. The second-order valence-corrected chi connectivity index (χ2v) is 6.61. The largest absolute Gasteiger partial charge is 0.309 e. The Balaban J connectivity index is 1.57. The van der Waals surface area contributed by atoms with Crippen LogP contribution in [-0.2, 0) is 22.5 Å². The summed E-state index contributed by atoms with van der Waals surface area (Å²) in [4.78, 5) is 12.0. The minimum Gasteiger partial charge on any atom is -0.309 e. The van der Waals surface area contributed by atoms with Crippen LogP contribution in [-0.4, -0.2) is 31.9 Å². The molecule has 122 valence electrons. The van der Waals surface area contributed by atoms with Crippen molar-refractivity contribution in [3.05, 3.63) is 41.6 Å². The Morgan fingerprint density at radius 3 is 2.74 bits per heavy atom. The van der Waals surface area contributed by atoms with Gasteiger partial charge in [0.1, 0.15) is 0 Å². The van der Waals surface area contributed by atoms with Crippen molar-refractivity contribution in [2.45, 2.75) is 25.2 Å². The third-order valence-corrected chi connectivity index (χ3v) is 4.46. The van der Waals surface area contributed by atoms with Gasteiger partial charge < -0.3 is 5.32 Å². The van der Waals surface area contributed by atoms with Crippen molar-refractivity contribution >= 4 is 28.7 Å². The van der Waals surface area contributed by atoms with Crippen molar-refractivity contribution < 1.29 is 13.6 Å². The molecule has 3 rings (SSSR count). The fraction of sp³-hybridized carbons (Fsp3) is 0.333. The van der Waals surface area contributed by atoms with Gasteiger partial charge in [0.2, 0.25) is 5.91 Å². The fourth-order valence-electron chi connectivity index (χ4n) is 2.29. The summed E-state index contributed by atoms with van der Waals surface area (Å²) in [5.74, 6) is 0.962. The third-order valence-electron chi connectivity index (χ3n) is 3.78. The van der Waals surface area contributed by atoms with Crippen LogP contribution in [0.25, 0.3) is 0 Å². The molecule has 1 fully saturated rings. The van der Waals surface area contributed by atoms with Crippen LogP contribution in [0.2, 0.25) is 0 Å². The molecule has 1 saturated carbocycles. The molecule has 0 spiro atoms. The maximum absolute atomic E-state index is 12.0. The maximum Gasteiger partial charge on any atom is 0.261 e. The SMILES string of the molecule is CN(c1ccc(CC(=O)Nc2cc(C3CC3)[nH]n2)cc1)S(=O)O. The highest BCUT2D eigenvalue weighted by Crippen LogP contribution is 2.39. The summed E-state index contributed by atoms with van der Waals surface area (Å²) in [7, 11) is 1.52. The third kappa shape index (κ3) is 3.96. The van der Waals surface area contributed by atoms with E-state index in [2.05, 4.69) is 15.5 Å². The van der Waals surface area contributed by atoms with Crippen molar-refractivity contribution in [2.24, 2.45) is 0 Å². The first-order valence-electron chi connectivity index (χ1n) is 7.31. The number of carbonyl (C=O) groups is 1. The second-order valence-electron chi connectivity index (χ2n) is 5.60. The number of aromatic nitrogens is 2. The molecule has 1 aliphatic carbocycles. The van der Waals surface area contributed by atoms with Crippen LogP contribution in [0.15, 0.2) is 30.3 Å². The number of carbonyl (C=O) groups excluding carboxylic acids is 1. The Labute approximate surface area is 136 Å². The molecule has 3 N–H and O–H groups in total. The maximum atomic E-state index is 12.0. The number of benzene rings is 1. The summed E-state index contributed by atoms with van der Waals surface area (Å²) in [6, 6.07) is 8.81. The topological polar surface area (TPSA) is 98.3 Å². The average molecular weight is 334 g/mol. The molecule has 1 heterocycles. The van der Waals surface area contributed by atoms with Crippen LogP contribution in [0, 0.1) is 0 Å². The first kappa shape index (κ1) is 15.7. The van der Waals surface area contributed by atoms with Gasteiger partial charge in [-0.2, -0.15) is 5.10 Å². The van der Waals surface area contributed by atoms with Crippen molar-refractivity contribution in [1.82, 2.24) is 10.2 Å². The Bertz CT molecular complexity index is 725. The Morgan fingerprint density at radius 1 is 1.43 bits per heavy atom. The van der Waals surface area contributed by atoms with E-state index >= 15 is 0 Å². The summed E-state index contributed by atoms with van der Waals surface area (Å²) in [5.41, 5.74) is 2.50. The molecule has 0 saturated heterocycles. The molecule has 2 aromatic rings. The zero-order valence-corrected chi connectivity index (χ0v) is 13.5. The Hall–Kier alpha value is -2.19. The van der Waals surface area contributed by atoms with Gasteiger partial charge in [-0.05, 0) is 30.5 Å². The summed E-state index contributed by atoms with van der Waals surface area (Å²) >= 11 is -2.06. The van der Waals surface area contributed by atoms with Gasteiger partial charge in [-0.25, -0.2) is 4.21 Å². The van der Waals surface area contributed by atoms with Crippen molar-refractivity contribution in [3.63, 3.8) is 0 Å². The minimum absolute atomic E-state index is 0.148. The molecule has 0 radical (unpaired) electrons. The van der Waals surface area contributed by atoms with Gasteiger partial charge in [0.05, 0.1) is 12.1 Å². The first-order valence-corrected chi connectivity index (χ1v) is 8.38. The molecule has 1 aliphatic rings. The molecule has 7 nitrogen and oxygen atoms in total. The quantitative estimate of drug-likeness (QED) is 0.704. The second kappa shape index (κ2) is 6.51. The number of H-pyrrole nitrogens is 1. The molecular formula is C15H18N4O3S. The van der Waals surface area contributed by atoms with Gasteiger partial charge in [0.25, 0.3) is 11.3 Å². The number of amides is 1. The van der Waals surface area contributed by atoms with Crippen LogP contribution >= 0.6 is 0 Å². The highest BCUT2D eigenvalue weighted by molar-refractivity contribution is 7.80. The van der Waals surface area contributed by atoms with E-state index in [4.69, 9.17) is 4.55 Å². The minimum atomic E-state index is -2.06. The highest BCUT2D eigenvalue weighted by atomic mass is 32.2. The normalized spacial score (nSPS) is 15.2. The lowest BCUT2D eigenvalue weighted by Crippen LogP contribution is -2.19. The lowest BCUT2D eigenvalue weighted by Gasteiger charge is -2.13. The van der Waals surface area contributed by atoms with Gasteiger partial charge in [-0.15, -0.1) is 0 Å². The molecular weight excluding hydrogens is 316 g/mol. The van der Waals surface area contributed by atoms with E-state index < -0.39 is 11.3 Å². The van der Waals surface area contributed by atoms with Gasteiger partial charge in [0.15, 0.2) is 5.82 Å². The molecule has 1 atom stereocenters. The average Bonchev–Trinajstić information content (AvgIpc) is 3.27. The summed E-state index contributed by atoms with van der Waals surface area (Å²) in [6.45, 7) is 0. The Morgan fingerprint density at radius 2 is 2.13 bits per heavy atom. The van der Waals surface area contributed by atoms with Crippen LogP contribution in [0.5, 0.6) is 0 Å². The predicted octanol–water partition coefficient (Wildman–Crippen LogP) is 2.04. The van der Waals surface area contributed by atoms with Crippen LogP contribution in [0.3, 0.4) is 0 Å². The van der Waals surface area contributed by atoms with E-state index in [0.717, 1.165) is 11.3 Å². The lowest BCUT2D eigenvalue weighted by atomic mass is 10.1. The van der Waals surface area contributed by atoms with Crippen molar-refractivity contribution in [3.8, 4) is 0 Å². The summed E-state index contributed by atoms with van der Waals surface area (Å²) < 4.78 is 21.2. The molecule has 23 heavy (non-hydrogen) atoms. The van der Waals surface area contributed by atoms with E-state index in [9.17, 15) is 9.00 Å². The van der Waals surface area contributed by atoms with Gasteiger partial charge in [0, 0.05) is 24.7 Å². The lowest BCUT2D eigenvalue weighted by molar-refractivity contribution is -0.115. The zero-order chi connectivity index (χ0) is 16.4. The van der Waals surface area contributed by atoms with E-state index in [1.165, 1.54) is 24.2 Å². The van der Waals surface area contributed by atoms with Gasteiger partial charge in [-0.1, -0.05) is 12.1 Å². The van der Waals surface area contributed by atoms with Gasteiger partial charge in [-0.3, -0.25) is 18.8 Å². The van der Waals surface area contributed by atoms with Crippen LogP contribution in [0.4, 0.5) is 11.5 Å². The number of hydrogen-bond acceptors (Lipinski definition) is 3. The smallest absolute Gasteiger partial charge is 0.261 e. The zero-order valence-electron chi connectivity index (χ0n) is 12.7. The molecule has 8 heteroatoms.